The number of amides is 2. The lowest BCUT2D eigenvalue weighted by Gasteiger charge is -2.30. The summed E-state index contributed by atoms with van der Waals surface area (Å²) in [7, 11) is 0. The molecule has 1 aliphatic rings. The number of alkyl halides is 3. The van der Waals surface area contributed by atoms with Crippen molar-refractivity contribution < 1.29 is 18.0 Å². The summed E-state index contributed by atoms with van der Waals surface area (Å²) in [5.74, 6) is 0.686. The standard InChI is InChI=1S/C13H23F3N2O/c1-5-9-6-18(7-10(9)12(2,3)4)11(19)17-8-13(14,15)16/h9-10H,5-8H2,1-4H3,(H,17,19)/t9-,10?/m1/s1. The molecule has 0 aromatic heterocycles. The molecule has 0 aromatic rings. The molecule has 6 heteroatoms. The number of likely N-dealkylation sites (tertiary alicyclic amines) is 1. The highest BCUT2D eigenvalue weighted by atomic mass is 19.4. The molecule has 1 saturated heterocycles. The Balaban J connectivity index is 2.60. The maximum Gasteiger partial charge on any atom is 0.405 e. The molecule has 0 radical (unpaired) electrons. The number of nitrogens with one attached hydrogen (secondary N) is 1. The molecule has 19 heavy (non-hydrogen) atoms. The van der Waals surface area contributed by atoms with Crippen LogP contribution in [0.2, 0.25) is 0 Å². The van der Waals surface area contributed by atoms with Crippen molar-refractivity contribution in [2.45, 2.75) is 40.3 Å². The zero-order valence-electron chi connectivity index (χ0n) is 12.0. The van der Waals surface area contributed by atoms with Crippen LogP contribution in [0.5, 0.6) is 0 Å². The molecule has 112 valence electrons. The van der Waals surface area contributed by atoms with Crippen LogP contribution in [0.1, 0.15) is 34.1 Å². The van der Waals surface area contributed by atoms with E-state index in [9.17, 15) is 18.0 Å². The van der Waals surface area contributed by atoms with Gasteiger partial charge in [0.15, 0.2) is 0 Å². The Kier molecular flexibility index (Phi) is 4.74. The van der Waals surface area contributed by atoms with Crippen LogP contribution >= 0.6 is 0 Å². The van der Waals surface area contributed by atoms with Crippen molar-refractivity contribution in [2.24, 2.45) is 17.3 Å². The maximum atomic E-state index is 12.1. The van der Waals surface area contributed by atoms with Gasteiger partial charge in [-0.25, -0.2) is 4.79 Å². The smallest absolute Gasteiger partial charge is 0.329 e. The zero-order chi connectivity index (χ0) is 14.8. The Hall–Kier alpha value is -0.940. The molecule has 1 aliphatic heterocycles. The first-order chi connectivity index (χ1) is 8.54. The summed E-state index contributed by atoms with van der Waals surface area (Å²) in [6, 6.07) is -0.609. The summed E-state index contributed by atoms with van der Waals surface area (Å²) >= 11 is 0. The van der Waals surface area contributed by atoms with Crippen molar-refractivity contribution >= 4 is 6.03 Å². The average molecular weight is 280 g/mol. The third kappa shape index (κ3) is 4.58. The third-order valence-corrected chi connectivity index (χ3v) is 3.81. The topological polar surface area (TPSA) is 32.3 Å². The van der Waals surface area contributed by atoms with Crippen LogP contribution in [-0.2, 0) is 0 Å². The molecule has 2 amide bonds. The molecule has 1 heterocycles. The molecule has 0 bridgehead atoms. The number of nitrogens with zero attached hydrogens (tertiary/aromatic N) is 1. The zero-order valence-corrected chi connectivity index (χ0v) is 12.0. The van der Waals surface area contributed by atoms with E-state index in [1.165, 1.54) is 4.90 Å². The predicted molar refractivity (Wildman–Crippen MR) is 67.8 cm³/mol. The van der Waals surface area contributed by atoms with Gasteiger partial charge in [-0.2, -0.15) is 13.2 Å². The number of rotatable bonds is 2. The number of hydrogen-bond acceptors (Lipinski definition) is 1. The largest absolute Gasteiger partial charge is 0.405 e. The SMILES string of the molecule is CC[C@@H]1CN(C(=O)NCC(F)(F)F)CC1C(C)(C)C. The fourth-order valence-electron chi connectivity index (χ4n) is 2.72. The van der Waals surface area contributed by atoms with E-state index in [0.717, 1.165) is 6.42 Å². The molecule has 2 atom stereocenters. The molecule has 0 aromatic carbocycles. The van der Waals surface area contributed by atoms with Gasteiger partial charge in [0.05, 0.1) is 0 Å². The summed E-state index contributed by atoms with van der Waals surface area (Å²) in [6.45, 7) is 8.19. The Morgan fingerprint density at radius 3 is 2.21 bits per heavy atom. The normalized spacial score (nSPS) is 24.7. The second-order valence-corrected chi connectivity index (χ2v) is 6.32. The summed E-state index contributed by atoms with van der Waals surface area (Å²) in [5.41, 5.74) is 0.0553. The van der Waals surface area contributed by atoms with Crippen molar-refractivity contribution in [3.8, 4) is 0 Å². The van der Waals surface area contributed by atoms with Gasteiger partial charge in [0.2, 0.25) is 0 Å². The quantitative estimate of drug-likeness (QED) is 0.827. The van der Waals surface area contributed by atoms with E-state index in [2.05, 4.69) is 27.7 Å². The second kappa shape index (κ2) is 5.59. The minimum atomic E-state index is -4.36. The Bertz CT molecular complexity index is 323. The Labute approximate surface area is 112 Å². The first kappa shape index (κ1) is 16.1. The molecule has 0 aliphatic carbocycles. The Morgan fingerprint density at radius 2 is 1.84 bits per heavy atom. The van der Waals surface area contributed by atoms with Crippen molar-refractivity contribution in [1.29, 1.82) is 0 Å². The number of halogens is 3. The lowest BCUT2D eigenvalue weighted by molar-refractivity contribution is -0.123. The van der Waals surface area contributed by atoms with Crippen LogP contribution in [0.4, 0.5) is 18.0 Å². The van der Waals surface area contributed by atoms with E-state index in [-0.39, 0.29) is 5.41 Å². The number of hydrogen-bond donors (Lipinski definition) is 1. The average Bonchev–Trinajstić information content (AvgIpc) is 2.68. The van der Waals surface area contributed by atoms with Crippen LogP contribution in [0.15, 0.2) is 0 Å². The van der Waals surface area contributed by atoms with E-state index in [4.69, 9.17) is 0 Å². The van der Waals surface area contributed by atoms with Crippen LogP contribution in [-0.4, -0.2) is 36.7 Å². The van der Waals surface area contributed by atoms with Crippen LogP contribution in [0, 0.1) is 17.3 Å². The molecular weight excluding hydrogens is 257 g/mol. The fraction of sp³-hybridized carbons (Fsp3) is 0.923. The lowest BCUT2D eigenvalue weighted by Crippen LogP contribution is -2.43. The highest BCUT2D eigenvalue weighted by Gasteiger charge is 2.41. The van der Waals surface area contributed by atoms with Gasteiger partial charge < -0.3 is 10.2 Å². The molecule has 1 fully saturated rings. The van der Waals surface area contributed by atoms with Gasteiger partial charge in [-0.3, -0.25) is 0 Å². The first-order valence-electron chi connectivity index (χ1n) is 6.64. The van der Waals surface area contributed by atoms with Gasteiger partial charge in [0.1, 0.15) is 6.54 Å². The summed E-state index contributed by atoms with van der Waals surface area (Å²) in [5, 5.41) is 1.94. The Morgan fingerprint density at radius 1 is 1.26 bits per heavy atom. The number of carbonyl (C=O) groups excluding carboxylic acids is 1. The van der Waals surface area contributed by atoms with Crippen molar-refractivity contribution in [1.82, 2.24) is 10.2 Å². The van der Waals surface area contributed by atoms with Crippen LogP contribution in [0.25, 0.3) is 0 Å². The van der Waals surface area contributed by atoms with E-state index in [1.807, 2.05) is 5.32 Å². The molecule has 0 saturated carbocycles. The molecule has 0 spiro atoms. The van der Waals surface area contributed by atoms with Gasteiger partial charge in [-0.05, 0) is 17.3 Å². The molecule has 1 unspecified atom stereocenters. The maximum absolute atomic E-state index is 12.1. The molecule has 3 nitrogen and oxygen atoms in total. The summed E-state index contributed by atoms with van der Waals surface area (Å²) in [4.78, 5) is 13.3. The highest BCUT2D eigenvalue weighted by molar-refractivity contribution is 5.74. The van der Waals surface area contributed by atoms with Gasteiger partial charge in [0, 0.05) is 13.1 Å². The number of carbonyl (C=O) groups is 1. The van der Waals surface area contributed by atoms with Crippen LogP contribution in [0.3, 0.4) is 0 Å². The minimum absolute atomic E-state index is 0.0553. The lowest BCUT2D eigenvalue weighted by atomic mass is 9.74. The number of urea groups is 1. The first-order valence-corrected chi connectivity index (χ1v) is 6.64. The van der Waals surface area contributed by atoms with E-state index in [1.54, 1.807) is 0 Å². The van der Waals surface area contributed by atoms with E-state index < -0.39 is 18.8 Å². The summed E-state index contributed by atoms with van der Waals surface area (Å²) < 4.78 is 36.2. The van der Waals surface area contributed by atoms with Gasteiger partial charge in [0.25, 0.3) is 0 Å². The van der Waals surface area contributed by atoms with Crippen LogP contribution < -0.4 is 5.32 Å². The van der Waals surface area contributed by atoms with Gasteiger partial charge >= 0.3 is 12.2 Å². The predicted octanol–water partition coefficient (Wildman–Crippen LogP) is 3.26. The highest BCUT2D eigenvalue weighted by Crippen LogP contribution is 2.39. The van der Waals surface area contributed by atoms with Crippen molar-refractivity contribution in [3.63, 3.8) is 0 Å². The van der Waals surface area contributed by atoms with Crippen molar-refractivity contribution in [2.75, 3.05) is 19.6 Å². The summed E-state index contributed by atoms with van der Waals surface area (Å²) in [6.07, 6.45) is -3.42. The van der Waals surface area contributed by atoms with E-state index >= 15 is 0 Å². The molecular formula is C13H23F3N2O. The minimum Gasteiger partial charge on any atom is -0.329 e. The fourth-order valence-corrected chi connectivity index (χ4v) is 2.72. The van der Waals surface area contributed by atoms with Gasteiger partial charge in [-0.15, -0.1) is 0 Å². The third-order valence-electron chi connectivity index (χ3n) is 3.81. The second-order valence-electron chi connectivity index (χ2n) is 6.32. The van der Waals surface area contributed by atoms with Crippen molar-refractivity contribution in [3.05, 3.63) is 0 Å². The molecule has 1 N–H and O–H groups in total. The monoisotopic (exact) mass is 280 g/mol. The van der Waals surface area contributed by atoms with E-state index in [0.29, 0.717) is 24.9 Å². The molecule has 1 rings (SSSR count). The van der Waals surface area contributed by atoms with Gasteiger partial charge in [-0.1, -0.05) is 34.1 Å².